The lowest BCUT2D eigenvalue weighted by Gasteiger charge is -2.26. The van der Waals surface area contributed by atoms with Crippen LogP contribution in [-0.4, -0.2) is 23.9 Å². The highest BCUT2D eigenvalue weighted by Crippen LogP contribution is 2.34. The Kier molecular flexibility index (Phi) is 2.02. The van der Waals surface area contributed by atoms with Crippen molar-refractivity contribution >= 4 is 0 Å². The molecule has 3 atom stereocenters. The molecule has 2 heteroatoms. The van der Waals surface area contributed by atoms with Crippen LogP contribution < -0.4 is 0 Å². The van der Waals surface area contributed by atoms with Crippen LogP contribution in [0, 0.1) is 11.8 Å². The van der Waals surface area contributed by atoms with Crippen molar-refractivity contribution < 1.29 is 9.84 Å². The quantitative estimate of drug-likeness (QED) is 0.596. The minimum atomic E-state index is -0.278. The van der Waals surface area contributed by atoms with E-state index in [1.807, 2.05) is 6.92 Å². The van der Waals surface area contributed by atoms with E-state index in [0.717, 1.165) is 6.61 Å². The van der Waals surface area contributed by atoms with Crippen LogP contribution in [0.1, 0.15) is 20.8 Å². The van der Waals surface area contributed by atoms with Crippen molar-refractivity contribution in [2.75, 3.05) is 13.2 Å². The number of hydrogen-bond donors (Lipinski definition) is 1. The van der Waals surface area contributed by atoms with E-state index in [9.17, 15) is 0 Å². The topological polar surface area (TPSA) is 29.5 Å². The van der Waals surface area contributed by atoms with Gasteiger partial charge in [-0.3, -0.25) is 0 Å². The van der Waals surface area contributed by atoms with Crippen molar-refractivity contribution in [2.45, 2.75) is 26.4 Å². The molecule has 1 aliphatic rings. The van der Waals surface area contributed by atoms with Gasteiger partial charge in [-0.1, -0.05) is 13.8 Å². The van der Waals surface area contributed by atoms with E-state index in [1.165, 1.54) is 0 Å². The Morgan fingerprint density at radius 3 is 2.40 bits per heavy atom. The summed E-state index contributed by atoms with van der Waals surface area (Å²) in [6, 6.07) is 0. The van der Waals surface area contributed by atoms with Crippen LogP contribution in [0.25, 0.3) is 0 Å². The lowest BCUT2D eigenvalue weighted by Crippen LogP contribution is -2.35. The van der Waals surface area contributed by atoms with E-state index in [4.69, 9.17) is 9.84 Å². The molecule has 1 rings (SSSR count). The molecule has 1 N–H and O–H groups in total. The molecule has 1 aliphatic heterocycles. The number of aliphatic hydroxyl groups excluding tert-OH is 1. The molecule has 0 aromatic rings. The minimum Gasteiger partial charge on any atom is -0.393 e. The van der Waals surface area contributed by atoms with E-state index in [0.29, 0.717) is 11.8 Å². The molecule has 60 valence electrons. The van der Waals surface area contributed by atoms with Gasteiger partial charge < -0.3 is 9.84 Å². The summed E-state index contributed by atoms with van der Waals surface area (Å²) >= 11 is 0. The molecule has 0 bridgehead atoms. The monoisotopic (exact) mass is 144 g/mol. The third-order valence-electron chi connectivity index (χ3n) is 2.81. The number of aliphatic hydroxyl groups is 1. The molecule has 1 saturated heterocycles. The summed E-state index contributed by atoms with van der Waals surface area (Å²) in [4.78, 5) is 0. The first kappa shape index (κ1) is 8.02. The second-order valence-corrected chi connectivity index (χ2v) is 3.55. The van der Waals surface area contributed by atoms with E-state index in [-0.39, 0.29) is 12.2 Å². The number of rotatable bonds is 1. The average molecular weight is 144 g/mol. The normalized spacial score (nSPS) is 48.0. The van der Waals surface area contributed by atoms with Crippen molar-refractivity contribution in [3.05, 3.63) is 0 Å². The molecule has 0 radical (unpaired) electrons. The predicted octanol–water partition coefficient (Wildman–Crippen LogP) is 1.04. The van der Waals surface area contributed by atoms with Gasteiger partial charge in [0.05, 0.1) is 18.8 Å². The summed E-state index contributed by atoms with van der Waals surface area (Å²) in [6.45, 7) is 7.19. The van der Waals surface area contributed by atoms with Crippen LogP contribution in [0.4, 0.5) is 0 Å². The first-order chi connectivity index (χ1) is 4.60. The molecule has 1 fully saturated rings. The van der Waals surface area contributed by atoms with E-state index in [1.54, 1.807) is 0 Å². The van der Waals surface area contributed by atoms with Crippen LogP contribution >= 0.6 is 0 Å². The number of ether oxygens (including phenoxy) is 1. The molecule has 0 spiro atoms. The maximum absolute atomic E-state index is 8.99. The van der Waals surface area contributed by atoms with E-state index < -0.39 is 0 Å². The van der Waals surface area contributed by atoms with Gasteiger partial charge in [-0.05, 0) is 18.8 Å². The van der Waals surface area contributed by atoms with Crippen LogP contribution in [0.5, 0.6) is 0 Å². The minimum absolute atomic E-state index is 0.137. The van der Waals surface area contributed by atoms with Gasteiger partial charge in [0.2, 0.25) is 0 Å². The fourth-order valence-electron chi connectivity index (χ4n) is 1.39. The zero-order chi connectivity index (χ0) is 7.78. The lowest BCUT2D eigenvalue weighted by molar-refractivity contribution is -0.0435. The molecule has 10 heavy (non-hydrogen) atoms. The standard InChI is InChI=1S/C8H16O2/c1-6-4-10-8(3,5-9)7(6)2/h6-7,9H,4-5H2,1-3H3. The fourth-order valence-corrected chi connectivity index (χ4v) is 1.39. The third kappa shape index (κ3) is 1.06. The predicted molar refractivity (Wildman–Crippen MR) is 39.8 cm³/mol. The van der Waals surface area contributed by atoms with Gasteiger partial charge in [0, 0.05) is 0 Å². The molecular formula is C8H16O2. The fraction of sp³-hybridized carbons (Fsp3) is 1.00. The molecule has 0 saturated carbocycles. The van der Waals surface area contributed by atoms with Crippen LogP contribution in [0.15, 0.2) is 0 Å². The first-order valence-electron chi connectivity index (χ1n) is 3.85. The van der Waals surface area contributed by atoms with Crippen LogP contribution in [-0.2, 0) is 4.74 Å². The summed E-state index contributed by atoms with van der Waals surface area (Å²) in [7, 11) is 0. The SMILES string of the molecule is CC1COC(C)(CO)C1C. The van der Waals surface area contributed by atoms with Gasteiger partial charge in [-0.2, -0.15) is 0 Å². The van der Waals surface area contributed by atoms with E-state index in [2.05, 4.69) is 13.8 Å². The Bertz CT molecular complexity index is 124. The first-order valence-corrected chi connectivity index (χ1v) is 3.85. The Morgan fingerprint density at radius 1 is 1.60 bits per heavy atom. The highest BCUT2D eigenvalue weighted by molar-refractivity contribution is 4.89. The molecule has 0 aromatic carbocycles. The smallest absolute Gasteiger partial charge is 0.0912 e. The highest BCUT2D eigenvalue weighted by atomic mass is 16.5. The Labute approximate surface area is 62.2 Å². The Morgan fingerprint density at radius 2 is 2.20 bits per heavy atom. The van der Waals surface area contributed by atoms with Crippen molar-refractivity contribution in [1.29, 1.82) is 0 Å². The summed E-state index contributed by atoms with van der Waals surface area (Å²) < 4.78 is 5.46. The summed E-state index contributed by atoms with van der Waals surface area (Å²) in [6.07, 6.45) is 0. The summed E-state index contributed by atoms with van der Waals surface area (Å²) in [5, 5.41) is 8.99. The van der Waals surface area contributed by atoms with Gasteiger partial charge >= 0.3 is 0 Å². The lowest BCUT2D eigenvalue weighted by atomic mass is 9.85. The largest absolute Gasteiger partial charge is 0.393 e. The molecule has 0 aliphatic carbocycles. The third-order valence-corrected chi connectivity index (χ3v) is 2.81. The van der Waals surface area contributed by atoms with Crippen molar-refractivity contribution in [3.63, 3.8) is 0 Å². The Hall–Kier alpha value is -0.0800. The van der Waals surface area contributed by atoms with Crippen molar-refractivity contribution in [2.24, 2.45) is 11.8 Å². The maximum Gasteiger partial charge on any atom is 0.0912 e. The average Bonchev–Trinajstić information content (AvgIpc) is 2.19. The van der Waals surface area contributed by atoms with Crippen molar-refractivity contribution in [1.82, 2.24) is 0 Å². The van der Waals surface area contributed by atoms with Crippen LogP contribution in [0.3, 0.4) is 0 Å². The van der Waals surface area contributed by atoms with Gasteiger partial charge in [0.25, 0.3) is 0 Å². The second-order valence-electron chi connectivity index (χ2n) is 3.55. The summed E-state index contributed by atoms with van der Waals surface area (Å²) in [5.41, 5.74) is -0.278. The Balaban J connectivity index is 2.64. The molecule has 0 aromatic heterocycles. The second kappa shape index (κ2) is 2.51. The van der Waals surface area contributed by atoms with E-state index >= 15 is 0 Å². The summed E-state index contributed by atoms with van der Waals surface area (Å²) in [5.74, 6) is 1.05. The molecule has 3 unspecified atom stereocenters. The van der Waals surface area contributed by atoms with Crippen molar-refractivity contribution in [3.8, 4) is 0 Å². The van der Waals surface area contributed by atoms with Crippen LogP contribution in [0.2, 0.25) is 0 Å². The van der Waals surface area contributed by atoms with Gasteiger partial charge in [-0.15, -0.1) is 0 Å². The highest BCUT2D eigenvalue weighted by Gasteiger charge is 2.40. The zero-order valence-corrected chi connectivity index (χ0v) is 6.92. The molecule has 1 heterocycles. The van der Waals surface area contributed by atoms with Gasteiger partial charge in [0.1, 0.15) is 0 Å². The molecule has 0 amide bonds. The van der Waals surface area contributed by atoms with Gasteiger partial charge in [0.15, 0.2) is 0 Å². The molecular weight excluding hydrogens is 128 g/mol. The zero-order valence-electron chi connectivity index (χ0n) is 6.92. The van der Waals surface area contributed by atoms with Gasteiger partial charge in [-0.25, -0.2) is 0 Å². The molecule has 2 nitrogen and oxygen atoms in total. The maximum atomic E-state index is 8.99. The number of hydrogen-bond acceptors (Lipinski definition) is 2.